The fourth-order valence-electron chi connectivity index (χ4n) is 2.79. The average Bonchev–Trinajstić information content (AvgIpc) is 2.93. The molecule has 3 rings (SSSR count). The molecule has 2 aromatic rings. The zero-order chi connectivity index (χ0) is 20.4. The molecule has 0 saturated heterocycles. The molecule has 3 amide bonds. The summed E-state index contributed by atoms with van der Waals surface area (Å²) < 4.78 is 4.97. The van der Waals surface area contributed by atoms with Crippen molar-refractivity contribution < 1.29 is 23.9 Å². The third-order valence-corrected chi connectivity index (χ3v) is 4.76. The number of carbonyl (C=O) groups is 4. The second kappa shape index (κ2) is 7.82. The molecule has 1 aliphatic heterocycles. The number of nitrogens with zero attached hydrogens (tertiary/aromatic N) is 1. The number of carbonyl (C=O) groups excluding carboxylic acids is 4. The molecule has 0 bridgehead atoms. The summed E-state index contributed by atoms with van der Waals surface area (Å²) in [7, 11) is 0. The molecule has 8 heteroatoms. The van der Waals surface area contributed by atoms with Gasteiger partial charge in [0.25, 0.3) is 17.7 Å². The monoisotopic (exact) mass is 400 g/mol. The maximum atomic E-state index is 12.4. The molecule has 0 spiro atoms. The number of halogens is 1. The molecule has 1 aliphatic rings. The minimum absolute atomic E-state index is 0.237. The summed E-state index contributed by atoms with van der Waals surface area (Å²) in [6, 6.07) is 10.2. The summed E-state index contributed by atoms with van der Waals surface area (Å²) in [5, 5.41) is 3.05. The normalized spacial score (nSPS) is 13.9. The fraction of sp³-hybridized carbons (Fsp3) is 0.200. The summed E-state index contributed by atoms with van der Waals surface area (Å²) in [6.45, 7) is 2.65. The van der Waals surface area contributed by atoms with Crippen LogP contribution in [-0.2, 0) is 14.3 Å². The maximum Gasteiger partial charge on any atom is 0.329 e. The SMILES string of the molecule is Cc1ccc(NC(=O)COC(=O)C(C)N2C(=O)c3ccccc3C2=O)cc1Cl. The van der Waals surface area contributed by atoms with Crippen LogP contribution in [0.15, 0.2) is 42.5 Å². The van der Waals surface area contributed by atoms with Crippen LogP contribution in [0.3, 0.4) is 0 Å². The molecular formula is C20H17ClN2O5. The first-order valence-corrected chi connectivity index (χ1v) is 8.87. The number of fused-ring (bicyclic) bond motifs is 1. The van der Waals surface area contributed by atoms with Crippen LogP contribution in [0.25, 0.3) is 0 Å². The first kappa shape index (κ1) is 19.6. The predicted octanol–water partition coefficient (Wildman–Crippen LogP) is 2.81. The summed E-state index contributed by atoms with van der Waals surface area (Å²) in [4.78, 5) is 49.9. The van der Waals surface area contributed by atoms with Crippen LogP contribution in [-0.4, -0.2) is 41.2 Å². The maximum absolute atomic E-state index is 12.4. The Kier molecular flexibility index (Phi) is 5.46. The van der Waals surface area contributed by atoms with Gasteiger partial charge >= 0.3 is 5.97 Å². The zero-order valence-corrected chi connectivity index (χ0v) is 15.9. The smallest absolute Gasteiger partial charge is 0.329 e. The second-order valence-electron chi connectivity index (χ2n) is 6.32. The number of aryl methyl sites for hydroxylation is 1. The van der Waals surface area contributed by atoms with Gasteiger partial charge in [0.15, 0.2) is 6.61 Å². The third-order valence-electron chi connectivity index (χ3n) is 4.36. The highest BCUT2D eigenvalue weighted by Crippen LogP contribution is 2.25. The Labute approximate surface area is 166 Å². The van der Waals surface area contributed by atoms with E-state index in [-0.39, 0.29) is 11.1 Å². The Morgan fingerprint density at radius 1 is 1.11 bits per heavy atom. The Hall–Kier alpha value is -3.19. The van der Waals surface area contributed by atoms with E-state index in [0.717, 1.165) is 10.5 Å². The lowest BCUT2D eigenvalue weighted by Gasteiger charge is -2.20. The topological polar surface area (TPSA) is 92.8 Å². The van der Waals surface area contributed by atoms with Crippen molar-refractivity contribution in [2.45, 2.75) is 19.9 Å². The Balaban J connectivity index is 1.59. The van der Waals surface area contributed by atoms with Crippen molar-refractivity contribution >= 4 is 41.0 Å². The molecular weight excluding hydrogens is 384 g/mol. The Bertz CT molecular complexity index is 953. The van der Waals surface area contributed by atoms with Crippen molar-refractivity contribution in [1.29, 1.82) is 0 Å². The summed E-state index contributed by atoms with van der Waals surface area (Å²) in [5.41, 5.74) is 1.80. The highest BCUT2D eigenvalue weighted by Gasteiger charge is 2.41. The minimum atomic E-state index is -1.16. The van der Waals surface area contributed by atoms with E-state index < -0.39 is 36.3 Å². The second-order valence-corrected chi connectivity index (χ2v) is 6.73. The molecule has 1 heterocycles. The molecule has 2 aromatic carbocycles. The van der Waals surface area contributed by atoms with Gasteiger partial charge in [-0.2, -0.15) is 0 Å². The van der Waals surface area contributed by atoms with Gasteiger partial charge in [0.05, 0.1) is 11.1 Å². The van der Waals surface area contributed by atoms with Crippen LogP contribution in [0.2, 0.25) is 5.02 Å². The number of esters is 1. The lowest BCUT2D eigenvalue weighted by atomic mass is 10.1. The van der Waals surface area contributed by atoms with E-state index in [1.807, 2.05) is 6.92 Å². The van der Waals surface area contributed by atoms with E-state index in [2.05, 4.69) is 5.32 Å². The van der Waals surface area contributed by atoms with Crippen LogP contribution >= 0.6 is 11.6 Å². The molecule has 0 saturated carbocycles. The number of ether oxygens (including phenoxy) is 1. The van der Waals surface area contributed by atoms with Gasteiger partial charge in [-0.1, -0.05) is 29.8 Å². The number of rotatable bonds is 5. The summed E-state index contributed by atoms with van der Waals surface area (Å²) in [6.07, 6.45) is 0. The average molecular weight is 401 g/mol. The van der Waals surface area contributed by atoms with Crippen LogP contribution in [0.4, 0.5) is 5.69 Å². The van der Waals surface area contributed by atoms with Gasteiger partial charge in [-0.15, -0.1) is 0 Å². The minimum Gasteiger partial charge on any atom is -0.454 e. The Morgan fingerprint density at radius 2 is 1.71 bits per heavy atom. The van der Waals surface area contributed by atoms with Gasteiger partial charge in [0.1, 0.15) is 6.04 Å². The number of hydrogen-bond donors (Lipinski definition) is 1. The molecule has 0 aliphatic carbocycles. The van der Waals surface area contributed by atoms with E-state index in [9.17, 15) is 19.2 Å². The zero-order valence-electron chi connectivity index (χ0n) is 15.2. The molecule has 1 atom stereocenters. The third kappa shape index (κ3) is 3.75. The van der Waals surface area contributed by atoms with Crippen molar-refractivity contribution in [2.75, 3.05) is 11.9 Å². The van der Waals surface area contributed by atoms with Gasteiger partial charge in [-0.25, -0.2) is 4.79 Å². The lowest BCUT2D eigenvalue weighted by molar-refractivity contribution is -0.150. The molecule has 1 N–H and O–H groups in total. The van der Waals surface area contributed by atoms with E-state index in [0.29, 0.717) is 10.7 Å². The van der Waals surface area contributed by atoms with Crippen LogP contribution in [0, 0.1) is 6.92 Å². The predicted molar refractivity (Wildman–Crippen MR) is 102 cm³/mol. The van der Waals surface area contributed by atoms with E-state index in [1.54, 1.807) is 30.3 Å². The first-order valence-electron chi connectivity index (χ1n) is 8.49. The van der Waals surface area contributed by atoms with Crippen molar-refractivity contribution in [2.24, 2.45) is 0 Å². The molecule has 0 aromatic heterocycles. The van der Waals surface area contributed by atoms with E-state index in [4.69, 9.17) is 16.3 Å². The number of nitrogens with one attached hydrogen (secondary N) is 1. The van der Waals surface area contributed by atoms with E-state index >= 15 is 0 Å². The Morgan fingerprint density at radius 3 is 2.29 bits per heavy atom. The van der Waals surface area contributed by atoms with Gasteiger partial charge in [0, 0.05) is 10.7 Å². The van der Waals surface area contributed by atoms with Crippen molar-refractivity contribution in [3.63, 3.8) is 0 Å². The van der Waals surface area contributed by atoms with Gasteiger partial charge in [0.2, 0.25) is 0 Å². The lowest BCUT2D eigenvalue weighted by Crippen LogP contribution is -2.44. The number of anilines is 1. The number of benzene rings is 2. The van der Waals surface area contributed by atoms with Crippen LogP contribution < -0.4 is 5.32 Å². The quantitative estimate of drug-likeness (QED) is 0.615. The molecule has 0 fully saturated rings. The van der Waals surface area contributed by atoms with Crippen LogP contribution in [0.1, 0.15) is 33.2 Å². The highest BCUT2D eigenvalue weighted by atomic mass is 35.5. The van der Waals surface area contributed by atoms with Crippen molar-refractivity contribution in [3.8, 4) is 0 Å². The van der Waals surface area contributed by atoms with Crippen LogP contribution in [0.5, 0.6) is 0 Å². The number of imide groups is 1. The molecule has 7 nitrogen and oxygen atoms in total. The molecule has 0 radical (unpaired) electrons. The summed E-state index contributed by atoms with van der Waals surface area (Å²) >= 11 is 6.00. The van der Waals surface area contributed by atoms with Gasteiger partial charge in [-0.3, -0.25) is 19.3 Å². The summed E-state index contributed by atoms with van der Waals surface area (Å²) in [5.74, 6) is -2.55. The first-order chi connectivity index (χ1) is 13.3. The van der Waals surface area contributed by atoms with E-state index in [1.165, 1.54) is 19.1 Å². The largest absolute Gasteiger partial charge is 0.454 e. The number of amides is 3. The van der Waals surface area contributed by atoms with Gasteiger partial charge in [-0.05, 0) is 43.7 Å². The van der Waals surface area contributed by atoms with Gasteiger partial charge < -0.3 is 10.1 Å². The molecule has 1 unspecified atom stereocenters. The standard InChI is InChI=1S/C20H17ClN2O5/c1-11-7-8-13(9-16(11)21)22-17(24)10-28-20(27)12(2)23-18(25)14-5-3-4-6-15(14)19(23)26/h3-9,12H,10H2,1-2H3,(H,22,24). The van der Waals surface area contributed by atoms with Crippen molar-refractivity contribution in [3.05, 3.63) is 64.2 Å². The van der Waals surface area contributed by atoms with Crippen molar-refractivity contribution in [1.82, 2.24) is 4.90 Å². The highest BCUT2D eigenvalue weighted by molar-refractivity contribution is 6.31. The molecule has 28 heavy (non-hydrogen) atoms. The molecule has 144 valence electrons. The fourth-order valence-corrected chi connectivity index (χ4v) is 2.97. The number of hydrogen-bond acceptors (Lipinski definition) is 5.